The van der Waals surface area contributed by atoms with Crippen LogP contribution in [0.4, 0.5) is 0 Å². The minimum atomic E-state index is -0.399. The van der Waals surface area contributed by atoms with Crippen molar-refractivity contribution in [1.82, 2.24) is 0 Å². The molecule has 0 bridgehead atoms. The van der Waals surface area contributed by atoms with Gasteiger partial charge in [-0.3, -0.25) is 4.79 Å². The summed E-state index contributed by atoms with van der Waals surface area (Å²) in [5, 5.41) is 0. The van der Waals surface area contributed by atoms with Gasteiger partial charge in [0.25, 0.3) is 0 Å². The Kier molecular flexibility index (Phi) is 11.5. The van der Waals surface area contributed by atoms with Crippen LogP contribution >= 0.6 is 21.6 Å². The fraction of sp³-hybridized carbons (Fsp3) is 0.750. The van der Waals surface area contributed by atoms with Crippen molar-refractivity contribution in [3.05, 3.63) is 12.7 Å². The summed E-state index contributed by atoms with van der Waals surface area (Å²) < 4.78 is 10.2. The number of carbonyl (C=O) groups is 2. The minimum absolute atomic E-state index is 0.0250. The molecular formula is C16H28O4S2. The van der Waals surface area contributed by atoms with Crippen molar-refractivity contribution in [1.29, 1.82) is 0 Å². The maximum Gasteiger partial charge on any atom is 0.330 e. The Balaban J connectivity index is 3.76. The fourth-order valence-electron chi connectivity index (χ4n) is 1.91. The molecule has 0 aromatic carbocycles. The number of ether oxygens (including phenoxy) is 2. The molecule has 0 spiro atoms. The van der Waals surface area contributed by atoms with E-state index in [1.165, 1.54) is 0 Å². The lowest BCUT2D eigenvalue weighted by atomic mass is 9.75. The molecule has 0 radical (unpaired) electrons. The second-order valence-electron chi connectivity index (χ2n) is 5.49. The van der Waals surface area contributed by atoms with Gasteiger partial charge in [0.1, 0.15) is 13.2 Å². The Bertz CT molecular complexity index is 356. The van der Waals surface area contributed by atoms with E-state index in [1.54, 1.807) is 21.6 Å². The molecule has 0 amide bonds. The van der Waals surface area contributed by atoms with Crippen molar-refractivity contribution >= 4 is 33.5 Å². The van der Waals surface area contributed by atoms with E-state index in [9.17, 15) is 9.59 Å². The van der Waals surface area contributed by atoms with Crippen LogP contribution in [0.1, 0.15) is 40.5 Å². The van der Waals surface area contributed by atoms with Gasteiger partial charge < -0.3 is 9.47 Å². The van der Waals surface area contributed by atoms with E-state index in [0.29, 0.717) is 19.0 Å². The summed E-state index contributed by atoms with van der Waals surface area (Å²) in [7, 11) is 3.20. The van der Waals surface area contributed by atoms with Gasteiger partial charge in [0, 0.05) is 17.6 Å². The molecule has 22 heavy (non-hydrogen) atoms. The summed E-state index contributed by atoms with van der Waals surface area (Å²) >= 11 is 0. The van der Waals surface area contributed by atoms with Crippen LogP contribution in [-0.2, 0) is 19.1 Å². The number of hydrogen-bond donors (Lipinski definition) is 0. The molecule has 0 aromatic heterocycles. The second kappa shape index (κ2) is 11.9. The van der Waals surface area contributed by atoms with Crippen LogP contribution in [0.15, 0.2) is 12.7 Å². The van der Waals surface area contributed by atoms with Crippen LogP contribution in [0.3, 0.4) is 0 Å². The zero-order valence-corrected chi connectivity index (χ0v) is 15.7. The van der Waals surface area contributed by atoms with Gasteiger partial charge >= 0.3 is 11.9 Å². The third-order valence-corrected chi connectivity index (χ3v) is 5.95. The number of rotatable bonds is 12. The van der Waals surface area contributed by atoms with E-state index in [4.69, 9.17) is 9.47 Å². The summed E-state index contributed by atoms with van der Waals surface area (Å²) in [6.45, 7) is 12.5. The van der Waals surface area contributed by atoms with E-state index < -0.39 is 5.97 Å². The highest BCUT2D eigenvalue weighted by Crippen LogP contribution is 2.33. The Hall–Kier alpha value is -0.620. The van der Waals surface area contributed by atoms with E-state index in [-0.39, 0.29) is 17.3 Å². The molecule has 0 aliphatic rings. The highest BCUT2D eigenvalue weighted by molar-refractivity contribution is 8.76. The molecule has 4 nitrogen and oxygen atoms in total. The predicted molar refractivity (Wildman–Crippen MR) is 94.9 cm³/mol. The molecule has 0 saturated heterocycles. The first-order valence-electron chi connectivity index (χ1n) is 7.59. The SMILES string of the molecule is C=CC(=O)OCCSSCCOC(=O)C(CC)C(C)(C)CC. The molecule has 0 saturated carbocycles. The van der Waals surface area contributed by atoms with Crippen LogP contribution in [0.5, 0.6) is 0 Å². The predicted octanol–water partition coefficient (Wildman–Crippen LogP) is 4.10. The Morgan fingerprint density at radius 2 is 1.68 bits per heavy atom. The van der Waals surface area contributed by atoms with Crippen molar-refractivity contribution < 1.29 is 19.1 Å². The summed E-state index contributed by atoms with van der Waals surface area (Å²) in [4.78, 5) is 22.9. The van der Waals surface area contributed by atoms with Crippen LogP contribution in [0.25, 0.3) is 0 Å². The van der Waals surface area contributed by atoms with E-state index >= 15 is 0 Å². The van der Waals surface area contributed by atoms with Crippen molar-refractivity contribution in [3.63, 3.8) is 0 Å². The van der Waals surface area contributed by atoms with Crippen molar-refractivity contribution in [2.75, 3.05) is 24.7 Å². The molecule has 128 valence electrons. The largest absolute Gasteiger partial charge is 0.465 e. The monoisotopic (exact) mass is 348 g/mol. The van der Waals surface area contributed by atoms with Crippen LogP contribution in [0, 0.1) is 11.3 Å². The van der Waals surface area contributed by atoms with Gasteiger partial charge in [0.2, 0.25) is 0 Å². The first-order chi connectivity index (χ1) is 10.4. The van der Waals surface area contributed by atoms with E-state index in [1.807, 2.05) is 6.92 Å². The maximum atomic E-state index is 12.1. The normalized spacial score (nSPS) is 12.5. The molecule has 6 heteroatoms. The van der Waals surface area contributed by atoms with Crippen LogP contribution in [-0.4, -0.2) is 36.7 Å². The molecule has 0 aliphatic heterocycles. The molecule has 0 N–H and O–H groups in total. The molecule has 0 fully saturated rings. The lowest BCUT2D eigenvalue weighted by molar-refractivity contribution is -0.152. The molecule has 0 rings (SSSR count). The molecular weight excluding hydrogens is 320 g/mol. The van der Waals surface area contributed by atoms with Crippen molar-refractivity contribution in [2.45, 2.75) is 40.5 Å². The van der Waals surface area contributed by atoms with Gasteiger partial charge in [-0.1, -0.05) is 62.3 Å². The third kappa shape index (κ3) is 8.73. The van der Waals surface area contributed by atoms with Gasteiger partial charge in [-0.2, -0.15) is 0 Å². The van der Waals surface area contributed by atoms with E-state index in [2.05, 4.69) is 27.4 Å². The second-order valence-corrected chi connectivity index (χ2v) is 8.19. The Morgan fingerprint density at radius 1 is 1.14 bits per heavy atom. The van der Waals surface area contributed by atoms with Gasteiger partial charge in [0.15, 0.2) is 0 Å². The summed E-state index contributed by atoms with van der Waals surface area (Å²) in [6, 6.07) is 0. The quantitative estimate of drug-likeness (QED) is 0.229. The number of hydrogen-bond acceptors (Lipinski definition) is 6. The average Bonchev–Trinajstić information content (AvgIpc) is 2.49. The maximum absolute atomic E-state index is 12.1. The first kappa shape index (κ1) is 21.4. The van der Waals surface area contributed by atoms with Crippen LogP contribution in [0.2, 0.25) is 0 Å². The van der Waals surface area contributed by atoms with Gasteiger partial charge in [-0.05, 0) is 11.8 Å². The minimum Gasteiger partial charge on any atom is -0.465 e. The van der Waals surface area contributed by atoms with Gasteiger partial charge in [-0.15, -0.1) is 0 Å². The average molecular weight is 349 g/mol. The van der Waals surface area contributed by atoms with E-state index in [0.717, 1.165) is 24.7 Å². The van der Waals surface area contributed by atoms with Gasteiger partial charge in [0.05, 0.1) is 5.92 Å². The number of carbonyl (C=O) groups excluding carboxylic acids is 2. The molecule has 0 heterocycles. The summed E-state index contributed by atoms with van der Waals surface area (Å²) in [5.74, 6) is 0.894. The lowest BCUT2D eigenvalue weighted by Gasteiger charge is -2.30. The summed E-state index contributed by atoms with van der Waals surface area (Å²) in [5.41, 5.74) is -0.0250. The standard InChI is InChI=1S/C16H28O4S2/c1-6-13(16(4,5)8-3)15(18)20-10-12-22-21-11-9-19-14(17)7-2/h7,13H,2,6,8-12H2,1,3-5H3. The zero-order valence-electron chi connectivity index (χ0n) is 14.1. The zero-order chi connectivity index (χ0) is 17.0. The highest BCUT2D eigenvalue weighted by atomic mass is 33.1. The topological polar surface area (TPSA) is 52.6 Å². The number of esters is 2. The third-order valence-electron chi connectivity index (χ3n) is 3.62. The van der Waals surface area contributed by atoms with Crippen LogP contribution < -0.4 is 0 Å². The highest BCUT2D eigenvalue weighted by Gasteiger charge is 2.33. The molecule has 0 aromatic rings. The lowest BCUT2D eigenvalue weighted by Crippen LogP contribution is -2.32. The smallest absolute Gasteiger partial charge is 0.330 e. The molecule has 0 aliphatic carbocycles. The molecule has 1 unspecified atom stereocenters. The van der Waals surface area contributed by atoms with Crippen molar-refractivity contribution in [2.24, 2.45) is 11.3 Å². The first-order valence-corrected chi connectivity index (χ1v) is 10.1. The molecule has 1 atom stereocenters. The van der Waals surface area contributed by atoms with Gasteiger partial charge in [-0.25, -0.2) is 4.79 Å². The Morgan fingerprint density at radius 3 is 2.14 bits per heavy atom. The summed E-state index contributed by atoms with van der Waals surface area (Å²) in [6.07, 6.45) is 2.91. The Labute approximate surface area is 142 Å². The van der Waals surface area contributed by atoms with Crippen molar-refractivity contribution in [3.8, 4) is 0 Å². The fourth-order valence-corrected chi connectivity index (χ4v) is 3.57.